The summed E-state index contributed by atoms with van der Waals surface area (Å²) < 4.78 is 0.640. The molecule has 3 aliphatic rings. The van der Waals surface area contributed by atoms with Gasteiger partial charge >= 0.3 is 0 Å². The Morgan fingerprint density at radius 2 is 1.48 bits per heavy atom. The Balaban J connectivity index is 2.14. The summed E-state index contributed by atoms with van der Waals surface area (Å²) in [5.41, 5.74) is 2.65. The third-order valence-electron chi connectivity index (χ3n) is 4.48. The molecule has 0 radical (unpaired) electrons. The fourth-order valence-electron chi connectivity index (χ4n) is 3.39. The van der Waals surface area contributed by atoms with Crippen LogP contribution < -0.4 is 0 Å². The molecule has 0 saturated carbocycles. The molecule has 25 heavy (non-hydrogen) atoms. The molecule has 0 fully saturated rings. The van der Waals surface area contributed by atoms with E-state index in [2.05, 4.69) is 9.97 Å². The molecule has 2 N–H and O–H groups in total. The van der Waals surface area contributed by atoms with E-state index in [-0.39, 0.29) is 17.3 Å². The molecule has 3 heterocycles. The van der Waals surface area contributed by atoms with Crippen molar-refractivity contribution in [2.24, 2.45) is 0 Å². The highest BCUT2D eigenvalue weighted by Crippen LogP contribution is 2.47. The number of fused-ring (bicyclic) bond motifs is 7. The highest BCUT2D eigenvalue weighted by atomic mass is 16.5. The lowest BCUT2D eigenvalue weighted by atomic mass is 10.0. The lowest BCUT2D eigenvalue weighted by molar-refractivity contribution is 0.182. The van der Waals surface area contributed by atoms with Crippen molar-refractivity contribution in [1.82, 2.24) is 14.7 Å². The molecular weight excluding hydrogens is 316 g/mol. The summed E-state index contributed by atoms with van der Waals surface area (Å²) in [4.78, 5) is 9.08. The molecule has 0 unspecified atom stereocenters. The third kappa shape index (κ3) is 1.61. The molecule has 118 valence electrons. The van der Waals surface area contributed by atoms with E-state index in [1.54, 1.807) is 0 Å². The highest BCUT2D eigenvalue weighted by molar-refractivity contribution is 6.10. The van der Waals surface area contributed by atoms with Gasteiger partial charge < -0.3 is 10.3 Å². The van der Waals surface area contributed by atoms with Gasteiger partial charge in [0.2, 0.25) is 5.69 Å². The molecule has 2 aromatic carbocycles. The first kappa shape index (κ1) is 13.6. The number of nitrogens with zero attached hydrogens (tertiary/aromatic N) is 4. The van der Waals surface area contributed by atoms with Crippen molar-refractivity contribution in [3.8, 4) is 34.5 Å². The van der Waals surface area contributed by atoms with E-state index >= 15 is 0 Å². The Hall–Kier alpha value is -3.85. The van der Waals surface area contributed by atoms with Crippen molar-refractivity contribution < 1.29 is 10.3 Å². The van der Waals surface area contributed by atoms with Crippen molar-refractivity contribution in [2.45, 2.75) is 0 Å². The van der Waals surface area contributed by atoms with Gasteiger partial charge in [-0.25, -0.2) is 9.97 Å². The normalized spacial score (nSPS) is 11.5. The minimum absolute atomic E-state index is 0.186. The van der Waals surface area contributed by atoms with Gasteiger partial charge in [0.15, 0.2) is 11.6 Å². The first-order chi connectivity index (χ1) is 12.2. The highest BCUT2D eigenvalue weighted by Gasteiger charge is 2.29. The molecule has 5 rings (SSSR count). The van der Waals surface area contributed by atoms with Crippen molar-refractivity contribution >= 4 is 21.8 Å². The molecule has 0 amide bonds. The number of para-hydroxylation sites is 2. The van der Waals surface area contributed by atoms with E-state index in [4.69, 9.17) is 0 Å². The van der Waals surface area contributed by atoms with E-state index in [1.165, 1.54) is 0 Å². The minimum atomic E-state index is -0.309. The van der Waals surface area contributed by atoms with Gasteiger partial charge in [-0.1, -0.05) is 36.4 Å². The van der Waals surface area contributed by atoms with E-state index < -0.39 is 0 Å². The SMILES string of the molecule is N#Cc1c(O)c2c3ccccc3nc-2c2c3ccccc3nc-2n1O. The fourth-order valence-corrected chi connectivity index (χ4v) is 3.39. The van der Waals surface area contributed by atoms with Crippen molar-refractivity contribution in [3.05, 3.63) is 54.2 Å². The second-order valence-electron chi connectivity index (χ2n) is 5.80. The van der Waals surface area contributed by atoms with Gasteiger partial charge in [0, 0.05) is 10.8 Å². The monoisotopic (exact) mass is 326 g/mol. The van der Waals surface area contributed by atoms with Crippen LogP contribution in [0.2, 0.25) is 0 Å². The van der Waals surface area contributed by atoms with E-state index in [0.717, 1.165) is 5.39 Å². The molecule has 0 aromatic heterocycles. The molecule has 0 atom stereocenters. The van der Waals surface area contributed by atoms with Crippen LogP contribution in [0.3, 0.4) is 0 Å². The second-order valence-corrected chi connectivity index (χ2v) is 5.80. The Bertz CT molecular complexity index is 1280. The lowest BCUT2D eigenvalue weighted by Crippen LogP contribution is -2.00. The average molecular weight is 326 g/mol. The molecule has 0 spiro atoms. The zero-order valence-electron chi connectivity index (χ0n) is 12.8. The fraction of sp³-hybridized carbons (Fsp3) is 0. The molecule has 2 aromatic rings. The Labute approximate surface area is 141 Å². The summed E-state index contributed by atoms with van der Waals surface area (Å²) >= 11 is 0. The summed E-state index contributed by atoms with van der Waals surface area (Å²) in [6, 6.07) is 16.7. The molecule has 0 bridgehead atoms. The van der Waals surface area contributed by atoms with Gasteiger partial charge in [-0.15, -0.1) is 0 Å². The Morgan fingerprint density at radius 1 is 0.880 bits per heavy atom. The summed E-state index contributed by atoms with van der Waals surface area (Å²) in [7, 11) is 0. The quantitative estimate of drug-likeness (QED) is 0.424. The summed E-state index contributed by atoms with van der Waals surface area (Å²) in [5.74, 6) is -0.123. The molecular formula is C19H10N4O2. The van der Waals surface area contributed by atoms with E-state index in [0.29, 0.717) is 38.0 Å². The van der Waals surface area contributed by atoms with Gasteiger partial charge in [-0.3, -0.25) is 0 Å². The molecule has 3 aliphatic heterocycles. The van der Waals surface area contributed by atoms with Crippen LogP contribution in [0.1, 0.15) is 5.69 Å². The second kappa shape index (κ2) is 4.58. The number of nitriles is 1. The summed E-state index contributed by atoms with van der Waals surface area (Å²) in [5, 5.41) is 32.2. The number of aromatic hydroxyl groups is 1. The van der Waals surface area contributed by atoms with E-state index in [9.17, 15) is 15.6 Å². The van der Waals surface area contributed by atoms with Crippen LogP contribution in [0.15, 0.2) is 48.5 Å². The maximum absolute atomic E-state index is 10.7. The predicted molar refractivity (Wildman–Crippen MR) is 91.8 cm³/mol. The Morgan fingerprint density at radius 3 is 2.16 bits per heavy atom. The number of benzene rings is 2. The van der Waals surface area contributed by atoms with Crippen LogP contribution in [0, 0.1) is 11.3 Å². The molecule has 0 aliphatic carbocycles. The maximum Gasteiger partial charge on any atom is 0.201 e. The largest absolute Gasteiger partial charge is 0.504 e. The third-order valence-corrected chi connectivity index (χ3v) is 4.48. The number of rotatable bonds is 0. The first-order valence-electron chi connectivity index (χ1n) is 7.64. The topological polar surface area (TPSA) is 95.0 Å². The number of hydrogen-bond acceptors (Lipinski definition) is 5. The van der Waals surface area contributed by atoms with Crippen molar-refractivity contribution in [1.29, 1.82) is 5.26 Å². The minimum Gasteiger partial charge on any atom is -0.504 e. The summed E-state index contributed by atoms with van der Waals surface area (Å²) in [6.45, 7) is 0. The predicted octanol–water partition coefficient (Wildman–Crippen LogP) is 3.61. The van der Waals surface area contributed by atoms with Gasteiger partial charge in [0.25, 0.3) is 0 Å². The number of hydrogen-bond donors (Lipinski definition) is 2. The van der Waals surface area contributed by atoms with Gasteiger partial charge in [0.05, 0.1) is 27.9 Å². The summed E-state index contributed by atoms with van der Waals surface area (Å²) in [6.07, 6.45) is 0. The standard InChI is InChI=1S/C19H10N4O2/c20-9-14-18(24)15-10-5-1-3-7-12(10)21-17(15)16-11-6-2-4-8-13(11)22-19(16)23(14)25/h1-8,24-25H. The van der Waals surface area contributed by atoms with Gasteiger partial charge in [-0.05, 0) is 12.1 Å². The van der Waals surface area contributed by atoms with Crippen molar-refractivity contribution in [2.75, 3.05) is 0 Å². The van der Waals surface area contributed by atoms with Crippen LogP contribution in [0.5, 0.6) is 5.75 Å². The molecule has 0 saturated heterocycles. The smallest absolute Gasteiger partial charge is 0.201 e. The van der Waals surface area contributed by atoms with Crippen LogP contribution in [0.25, 0.3) is 44.5 Å². The van der Waals surface area contributed by atoms with Crippen LogP contribution in [-0.4, -0.2) is 25.0 Å². The maximum atomic E-state index is 10.7. The lowest BCUT2D eigenvalue weighted by Gasteiger charge is -2.00. The number of aromatic nitrogens is 3. The van der Waals surface area contributed by atoms with Gasteiger partial charge in [0.1, 0.15) is 6.07 Å². The van der Waals surface area contributed by atoms with Crippen LogP contribution in [-0.2, 0) is 0 Å². The first-order valence-corrected chi connectivity index (χ1v) is 7.64. The van der Waals surface area contributed by atoms with Gasteiger partial charge in [-0.2, -0.15) is 9.99 Å². The van der Waals surface area contributed by atoms with Crippen LogP contribution in [0.4, 0.5) is 0 Å². The van der Waals surface area contributed by atoms with Crippen LogP contribution >= 0.6 is 0 Å². The Kier molecular flexibility index (Phi) is 2.49. The average Bonchev–Trinajstić information content (AvgIpc) is 3.17. The van der Waals surface area contributed by atoms with E-state index in [1.807, 2.05) is 54.6 Å². The van der Waals surface area contributed by atoms with Crippen molar-refractivity contribution in [3.63, 3.8) is 0 Å². The zero-order valence-corrected chi connectivity index (χ0v) is 12.8. The zero-order chi connectivity index (χ0) is 17.1. The molecule has 6 nitrogen and oxygen atoms in total. The molecule has 6 heteroatoms.